The zero-order chi connectivity index (χ0) is 21.4. The molecule has 5 N–H and O–H groups in total. The molecule has 2 heterocycles. The second kappa shape index (κ2) is 10.9. The number of nitrogen functional groups attached to an aromatic ring is 2. The summed E-state index contributed by atoms with van der Waals surface area (Å²) in [6, 6.07) is 8.44. The highest BCUT2D eigenvalue weighted by Gasteiger charge is 2.12. The number of hydrogen-bond acceptors (Lipinski definition) is 7. The maximum atomic E-state index is 8.38. The van der Waals surface area contributed by atoms with Gasteiger partial charge in [0.05, 0.1) is 15.8 Å². The van der Waals surface area contributed by atoms with Crippen molar-refractivity contribution in [1.82, 2.24) is 9.97 Å². The van der Waals surface area contributed by atoms with Gasteiger partial charge < -0.3 is 16.2 Å². The zero-order valence-electron chi connectivity index (χ0n) is 15.9. The molecule has 0 atom stereocenters. The van der Waals surface area contributed by atoms with Crippen LogP contribution in [0.15, 0.2) is 48.9 Å². The monoisotopic (exact) mass is 449 g/mol. The number of rotatable bonds is 5. The van der Waals surface area contributed by atoms with Crippen molar-refractivity contribution in [1.29, 1.82) is 5.41 Å². The van der Waals surface area contributed by atoms with E-state index in [1.165, 1.54) is 18.6 Å². The second-order valence-corrected chi connectivity index (χ2v) is 7.51. The minimum atomic E-state index is 0.167. The van der Waals surface area contributed by atoms with Crippen molar-refractivity contribution in [2.75, 3.05) is 24.0 Å². The lowest BCUT2D eigenvalue weighted by atomic mass is 10.0. The van der Waals surface area contributed by atoms with Crippen molar-refractivity contribution in [2.45, 2.75) is 6.61 Å². The Hall–Kier alpha value is -2.48. The average molecular weight is 450 g/mol. The van der Waals surface area contributed by atoms with E-state index in [1.807, 2.05) is 12.5 Å². The molecule has 3 rings (SSSR count). The smallest absolute Gasteiger partial charge is 0.123 e. The molecule has 1 aromatic carbocycles. The molecule has 0 saturated heterocycles. The van der Waals surface area contributed by atoms with Crippen molar-refractivity contribution in [3.63, 3.8) is 0 Å². The van der Waals surface area contributed by atoms with E-state index in [-0.39, 0.29) is 12.3 Å². The number of nitrogens with zero attached hydrogens (tertiary/aromatic N) is 2. The lowest BCUT2D eigenvalue weighted by Crippen LogP contribution is -2.07. The fourth-order valence-electron chi connectivity index (χ4n) is 2.28. The summed E-state index contributed by atoms with van der Waals surface area (Å²) in [5.74, 6) is 0.920. The predicted molar refractivity (Wildman–Crippen MR) is 123 cm³/mol. The highest BCUT2D eigenvalue weighted by Crippen LogP contribution is 2.27. The molecule has 2 aromatic heterocycles. The third-order valence-corrected chi connectivity index (χ3v) is 4.36. The van der Waals surface area contributed by atoms with Gasteiger partial charge in [0.2, 0.25) is 0 Å². The minimum absolute atomic E-state index is 0.167. The van der Waals surface area contributed by atoms with Crippen LogP contribution in [0.2, 0.25) is 10.0 Å². The van der Waals surface area contributed by atoms with Crippen molar-refractivity contribution in [3.05, 3.63) is 75.7 Å². The van der Waals surface area contributed by atoms with E-state index in [4.69, 9.17) is 44.8 Å². The Morgan fingerprint density at radius 1 is 1.07 bits per heavy atom. The maximum Gasteiger partial charge on any atom is 0.123 e. The van der Waals surface area contributed by atoms with Gasteiger partial charge in [0.1, 0.15) is 18.2 Å². The number of halogens is 2. The summed E-state index contributed by atoms with van der Waals surface area (Å²) in [5, 5.41) is 9.23. The van der Waals surface area contributed by atoms with Crippen LogP contribution < -0.4 is 16.2 Å². The van der Waals surface area contributed by atoms with Crippen molar-refractivity contribution < 1.29 is 4.74 Å². The van der Waals surface area contributed by atoms with Crippen LogP contribution in [-0.4, -0.2) is 28.2 Å². The minimum Gasteiger partial charge on any atom is -0.489 e. The Balaban J connectivity index is 0.000000941. The van der Waals surface area contributed by atoms with E-state index in [9.17, 15) is 0 Å². The molecule has 3 aromatic rings. The molecule has 0 aliphatic heterocycles. The number of aromatic nitrogens is 2. The standard InChI is InChI=1S/C18H15Cl2N5O.C2H6S/c19-14-7-24-8-15(20)13(14)9-26-11-2-3-16(21)12(5-11)18(23)10-1-4-17(22)25-6-10;1-3-2/h1-8,23H,9,21H2,(H2,22,25);1-2H3. The number of nitrogens with two attached hydrogens (primary N) is 2. The Morgan fingerprint density at radius 3 is 2.31 bits per heavy atom. The normalized spacial score (nSPS) is 10.1. The number of nitrogens with one attached hydrogen (secondary N) is 1. The van der Waals surface area contributed by atoms with Crippen LogP contribution in [0.3, 0.4) is 0 Å². The number of hydrogen-bond donors (Lipinski definition) is 3. The van der Waals surface area contributed by atoms with E-state index in [0.29, 0.717) is 44.0 Å². The molecule has 0 aliphatic carbocycles. The molecular formula is C20H21Cl2N5OS. The largest absolute Gasteiger partial charge is 0.489 e. The van der Waals surface area contributed by atoms with Crippen molar-refractivity contribution in [2.24, 2.45) is 0 Å². The summed E-state index contributed by atoms with van der Waals surface area (Å²) in [4.78, 5) is 7.91. The SMILES string of the molecule is CSC.N=C(c1ccc(N)nc1)c1cc(OCc2c(Cl)cncc2Cl)ccc1N. The number of thioether (sulfide) groups is 1. The van der Waals surface area contributed by atoms with Crippen molar-refractivity contribution in [3.8, 4) is 5.75 Å². The van der Waals surface area contributed by atoms with Gasteiger partial charge in [0, 0.05) is 41.0 Å². The van der Waals surface area contributed by atoms with Crippen LogP contribution in [0.1, 0.15) is 16.7 Å². The first kappa shape index (κ1) is 22.8. The molecule has 0 radical (unpaired) electrons. The summed E-state index contributed by atoms with van der Waals surface area (Å²) in [5.41, 5.74) is 14.1. The first-order chi connectivity index (χ1) is 13.9. The van der Waals surface area contributed by atoms with Crippen LogP contribution in [-0.2, 0) is 6.61 Å². The first-order valence-electron chi connectivity index (χ1n) is 8.38. The van der Waals surface area contributed by atoms with Gasteiger partial charge in [-0.05, 0) is 42.8 Å². The van der Waals surface area contributed by atoms with Gasteiger partial charge >= 0.3 is 0 Å². The van der Waals surface area contributed by atoms with Crippen LogP contribution in [0.25, 0.3) is 0 Å². The predicted octanol–water partition coefficient (Wildman–Crippen LogP) is 4.92. The van der Waals surface area contributed by atoms with Crippen LogP contribution in [0.5, 0.6) is 5.75 Å². The summed E-state index contributed by atoms with van der Waals surface area (Å²) in [6.45, 7) is 0.167. The average Bonchev–Trinajstić information content (AvgIpc) is 2.69. The Kier molecular flexibility index (Phi) is 8.57. The fraction of sp³-hybridized carbons (Fsp3) is 0.150. The van der Waals surface area contributed by atoms with Crippen LogP contribution >= 0.6 is 35.0 Å². The van der Waals surface area contributed by atoms with Crippen LogP contribution in [0.4, 0.5) is 11.5 Å². The number of ether oxygens (including phenoxy) is 1. The second-order valence-electron chi connectivity index (χ2n) is 5.87. The zero-order valence-corrected chi connectivity index (χ0v) is 18.3. The van der Waals surface area contributed by atoms with Gasteiger partial charge in [-0.2, -0.15) is 11.8 Å². The van der Waals surface area contributed by atoms with Gasteiger partial charge in [-0.3, -0.25) is 10.4 Å². The number of benzene rings is 1. The molecule has 152 valence electrons. The molecule has 0 unspecified atom stereocenters. The highest BCUT2D eigenvalue weighted by molar-refractivity contribution is 7.97. The summed E-state index contributed by atoms with van der Waals surface area (Å²) in [6.07, 6.45) is 8.62. The number of pyridine rings is 2. The quantitative estimate of drug-likeness (QED) is 0.376. The molecule has 29 heavy (non-hydrogen) atoms. The molecule has 6 nitrogen and oxygen atoms in total. The van der Waals surface area contributed by atoms with E-state index >= 15 is 0 Å². The van der Waals surface area contributed by atoms with E-state index in [0.717, 1.165) is 0 Å². The topological polar surface area (TPSA) is 111 Å². The fourth-order valence-corrected chi connectivity index (χ4v) is 2.76. The maximum absolute atomic E-state index is 8.38. The van der Waals surface area contributed by atoms with E-state index < -0.39 is 0 Å². The Labute approximate surface area is 184 Å². The molecule has 0 bridgehead atoms. The molecule has 0 amide bonds. The molecular weight excluding hydrogens is 429 g/mol. The molecule has 0 fully saturated rings. The molecule has 0 saturated carbocycles. The van der Waals surface area contributed by atoms with Crippen molar-refractivity contribution >= 4 is 52.2 Å². The molecule has 0 spiro atoms. The Morgan fingerprint density at radius 2 is 1.72 bits per heavy atom. The molecule has 9 heteroatoms. The lowest BCUT2D eigenvalue weighted by Gasteiger charge is -2.12. The summed E-state index contributed by atoms with van der Waals surface area (Å²) < 4.78 is 5.77. The van der Waals surface area contributed by atoms with Gasteiger partial charge in [-0.1, -0.05) is 23.2 Å². The van der Waals surface area contributed by atoms with Gasteiger partial charge in [0.15, 0.2) is 0 Å². The summed E-state index contributed by atoms with van der Waals surface area (Å²) in [7, 11) is 0. The summed E-state index contributed by atoms with van der Waals surface area (Å²) >= 11 is 13.9. The van der Waals surface area contributed by atoms with Gasteiger partial charge in [-0.25, -0.2) is 4.98 Å². The third kappa shape index (κ3) is 6.25. The van der Waals surface area contributed by atoms with E-state index in [2.05, 4.69) is 9.97 Å². The van der Waals surface area contributed by atoms with Crippen LogP contribution in [0, 0.1) is 5.41 Å². The lowest BCUT2D eigenvalue weighted by molar-refractivity contribution is 0.306. The Bertz CT molecular complexity index is 963. The van der Waals surface area contributed by atoms with Gasteiger partial charge in [-0.15, -0.1) is 0 Å². The molecule has 0 aliphatic rings. The van der Waals surface area contributed by atoms with E-state index in [1.54, 1.807) is 42.1 Å². The van der Waals surface area contributed by atoms with Gasteiger partial charge in [0.25, 0.3) is 0 Å². The first-order valence-corrected chi connectivity index (χ1v) is 10.8. The third-order valence-electron chi connectivity index (χ3n) is 3.70. The highest BCUT2D eigenvalue weighted by atomic mass is 35.5. The number of anilines is 2.